The number of aldehydes is 1. The zero-order chi connectivity index (χ0) is 24.5. The quantitative estimate of drug-likeness (QED) is 0.301. The molecule has 0 amide bonds. The Bertz CT molecular complexity index is 1120. The van der Waals surface area contributed by atoms with Crippen LogP contribution in [0.1, 0.15) is 32.6 Å². The fraction of sp³-hybridized carbons (Fsp3) is 0.259. The molecule has 0 spiro atoms. The van der Waals surface area contributed by atoms with Gasteiger partial charge in [0.25, 0.3) is 0 Å². The van der Waals surface area contributed by atoms with Crippen LogP contribution in [0, 0.1) is 6.92 Å². The smallest absolute Gasteiger partial charge is 0.341 e. The highest BCUT2D eigenvalue weighted by Crippen LogP contribution is 2.35. The third-order valence-corrected chi connectivity index (χ3v) is 5.42. The van der Waals surface area contributed by atoms with Gasteiger partial charge < -0.3 is 28.5 Å². The standard InChI is InChI=1S/C27H28O7/c1-18-23(13-14-28)26(27(29)32-4)25(34-17-20-7-11-22(31-3)12-8-20)15-24(18)33-16-19-5-9-21(30-2)10-6-19/h5-12,14-15H,13,16-17H2,1-4H3. The third-order valence-electron chi connectivity index (χ3n) is 5.42. The van der Waals surface area contributed by atoms with Gasteiger partial charge in [-0.3, -0.25) is 0 Å². The summed E-state index contributed by atoms with van der Waals surface area (Å²) in [5, 5.41) is 0. The number of hydrogen-bond acceptors (Lipinski definition) is 7. The lowest BCUT2D eigenvalue weighted by atomic mass is 9.97. The van der Waals surface area contributed by atoms with Crippen molar-refractivity contribution in [1.82, 2.24) is 0 Å². The van der Waals surface area contributed by atoms with Gasteiger partial charge in [-0.25, -0.2) is 4.79 Å². The van der Waals surface area contributed by atoms with Crippen molar-refractivity contribution in [3.05, 3.63) is 82.4 Å². The summed E-state index contributed by atoms with van der Waals surface area (Å²) in [7, 11) is 4.51. The number of rotatable bonds is 11. The fourth-order valence-electron chi connectivity index (χ4n) is 3.48. The van der Waals surface area contributed by atoms with Gasteiger partial charge >= 0.3 is 5.97 Å². The second-order valence-corrected chi connectivity index (χ2v) is 7.49. The van der Waals surface area contributed by atoms with Crippen LogP contribution < -0.4 is 18.9 Å². The summed E-state index contributed by atoms with van der Waals surface area (Å²) >= 11 is 0. The molecule has 0 saturated carbocycles. The second-order valence-electron chi connectivity index (χ2n) is 7.49. The molecular weight excluding hydrogens is 436 g/mol. The Morgan fingerprint density at radius 1 is 0.794 bits per heavy atom. The van der Waals surface area contributed by atoms with Crippen molar-refractivity contribution >= 4 is 12.3 Å². The van der Waals surface area contributed by atoms with Gasteiger partial charge in [0.1, 0.15) is 48.1 Å². The Balaban J connectivity index is 1.93. The Kier molecular flexibility index (Phi) is 8.51. The largest absolute Gasteiger partial charge is 0.497 e. The molecule has 0 heterocycles. The van der Waals surface area contributed by atoms with E-state index in [9.17, 15) is 9.59 Å². The van der Waals surface area contributed by atoms with Gasteiger partial charge in [-0.2, -0.15) is 0 Å². The van der Waals surface area contributed by atoms with Crippen molar-refractivity contribution in [2.45, 2.75) is 26.6 Å². The van der Waals surface area contributed by atoms with E-state index in [0.29, 0.717) is 23.5 Å². The lowest BCUT2D eigenvalue weighted by Crippen LogP contribution is -2.13. The average Bonchev–Trinajstić information content (AvgIpc) is 2.88. The summed E-state index contributed by atoms with van der Waals surface area (Å²) in [6.07, 6.45) is 0.768. The summed E-state index contributed by atoms with van der Waals surface area (Å²) in [5.41, 5.74) is 3.23. The lowest BCUT2D eigenvalue weighted by Gasteiger charge is -2.19. The maximum atomic E-state index is 12.6. The number of esters is 1. The molecule has 7 heteroatoms. The number of carbonyl (C=O) groups is 2. The van der Waals surface area contributed by atoms with Gasteiger partial charge in [0.05, 0.1) is 21.3 Å². The summed E-state index contributed by atoms with van der Waals surface area (Å²) in [5.74, 6) is 1.72. The molecule has 0 saturated heterocycles. The summed E-state index contributed by atoms with van der Waals surface area (Å²) < 4.78 is 27.5. The maximum Gasteiger partial charge on any atom is 0.341 e. The Labute approximate surface area is 199 Å². The summed E-state index contributed by atoms with van der Waals surface area (Å²) in [6, 6.07) is 16.6. The molecule has 0 bridgehead atoms. The Morgan fingerprint density at radius 2 is 1.29 bits per heavy atom. The van der Waals surface area contributed by atoms with Crippen molar-refractivity contribution in [2.24, 2.45) is 0 Å². The highest BCUT2D eigenvalue weighted by molar-refractivity contribution is 5.96. The first-order valence-electron chi connectivity index (χ1n) is 10.7. The van der Waals surface area contributed by atoms with Crippen LogP contribution in [-0.4, -0.2) is 33.6 Å². The van der Waals surface area contributed by atoms with Crippen LogP contribution in [-0.2, 0) is 29.2 Å². The molecule has 3 aromatic carbocycles. The highest BCUT2D eigenvalue weighted by atomic mass is 16.5. The van der Waals surface area contributed by atoms with Crippen molar-refractivity contribution in [1.29, 1.82) is 0 Å². The minimum atomic E-state index is -0.577. The normalized spacial score (nSPS) is 10.4. The average molecular weight is 465 g/mol. The first-order valence-corrected chi connectivity index (χ1v) is 10.7. The van der Waals surface area contributed by atoms with Crippen molar-refractivity contribution in [3.8, 4) is 23.0 Å². The van der Waals surface area contributed by atoms with Crippen LogP contribution in [0.2, 0.25) is 0 Å². The van der Waals surface area contributed by atoms with Crippen LogP contribution in [0.4, 0.5) is 0 Å². The lowest BCUT2D eigenvalue weighted by molar-refractivity contribution is -0.107. The molecule has 0 aliphatic rings. The van der Waals surface area contributed by atoms with Gasteiger partial charge in [0, 0.05) is 12.5 Å². The van der Waals surface area contributed by atoms with E-state index < -0.39 is 5.97 Å². The molecule has 0 N–H and O–H groups in total. The molecule has 0 atom stereocenters. The predicted octanol–water partition coefficient (Wildman–Crippen LogP) is 4.70. The highest BCUT2D eigenvalue weighted by Gasteiger charge is 2.24. The van der Waals surface area contributed by atoms with E-state index in [-0.39, 0.29) is 24.3 Å². The second kappa shape index (κ2) is 11.7. The van der Waals surface area contributed by atoms with E-state index in [1.54, 1.807) is 20.3 Å². The molecule has 0 unspecified atom stereocenters. The Morgan fingerprint density at radius 3 is 1.74 bits per heavy atom. The van der Waals surface area contributed by atoms with Crippen molar-refractivity contribution in [3.63, 3.8) is 0 Å². The van der Waals surface area contributed by atoms with Crippen LogP contribution in [0.5, 0.6) is 23.0 Å². The Hall–Kier alpha value is -4.00. The number of methoxy groups -OCH3 is 3. The molecular formula is C27H28O7. The number of ether oxygens (including phenoxy) is 5. The van der Waals surface area contributed by atoms with Crippen LogP contribution >= 0.6 is 0 Å². The zero-order valence-corrected chi connectivity index (χ0v) is 19.8. The first-order chi connectivity index (χ1) is 16.5. The first kappa shape index (κ1) is 24.6. The van der Waals surface area contributed by atoms with E-state index in [4.69, 9.17) is 23.7 Å². The van der Waals surface area contributed by atoms with Gasteiger partial charge in [-0.1, -0.05) is 24.3 Å². The van der Waals surface area contributed by atoms with Crippen LogP contribution in [0.3, 0.4) is 0 Å². The van der Waals surface area contributed by atoms with E-state index in [0.717, 1.165) is 28.9 Å². The van der Waals surface area contributed by atoms with Gasteiger partial charge in [0.2, 0.25) is 0 Å². The van der Waals surface area contributed by atoms with Gasteiger partial charge in [0.15, 0.2) is 0 Å². The number of carbonyl (C=O) groups excluding carboxylic acids is 2. The summed E-state index contributed by atoms with van der Waals surface area (Å²) in [6.45, 7) is 2.30. The zero-order valence-electron chi connectivity index (χ0n) is 19.8. The summed E-state index contributed by atoms with van der Waals surface area (Å²) in [4.78, 5) is 24.1. The van der Waals surface area contributed by atoms with Crippen LogP contribution in [0.25, 0.3) is 0 Å². The van der Waals surface area contributed by atoms with E-state index in [1.165, 1.54) is 7.11 Å². The molecule has 34 heavy (non-hydrogen) atoms. The monoisotopic (exact) mass is 464 g/mol. The predicted molar refractivity (Wildman–Crippen MR) is 127 cm³/mol. The van der Waals surface area contributed by atoms with E-state index >= 15 is 0 Å². The number of benzene rings is 3. The molecule has 0 aliphatic heterocycles. The molecule has 3 rings (SSSR count). The minimum absolute atomic E-state index is 0.0227. The van der Waals surface area contributed by atoms with Gasteiger partial charge in [-0.05, 0) is 53.4 Å². The minimum Gasteiger partial charge on any atom is -0.497 e. The number of hydrogen-bond donors (Lipinski definition) is 0. The van der Waals surface area contributed by atoms with Crippen molar-refractivity contribution in [2.75, 3.05) is 21.3 Å². The van der Waals surface area contributed by atoms with E-state index in [2.05, 4.69) is 0 Å². The molecule has 0 aliphatic carbocycles. The molecule has 0 fully saturated rings. The third kappa shape index (κ3) is 5.86. The van der Waals surface area contributed by atoms with E-state index in [1.807, 2.05) is 55.5 Å². The molecule has 3 aromatic rings. The van der Waals surface area contributed by atoms with Gasteiger partial charge in [-0.15, -0.1) is 0 Å². The molecule has 7 nitrogen and oxygen atoms in total. The SMILES string of the molecule is COC(=O)c1c(OCc2ccc(OC)cc2)cc(OCc2ccc(OC)cc2)c(C)c1CC=O. The fourth-order valence-corrected chi connectivity index (χ4v) is 3.48. The van der Waals surface area contributed by atoms with Crippen molar-refractivity contribution < 1.29 is 33.3 Å². The maximum absolute atomic E-state index is 12.6. The molecule has 0 radical (unpaired) electrons. The molecule has 178 valence electrons. The molecule has 0 aromatic heterocycles. The van der Waals surface area contributed by atoms with Crippen LogP contribution in [0.15, 0.2) is 54.6 Å². The topological polar surface area (TPSA) is 80.3 Å².